The molecule has 1 aromatic heterocycles. The molecule has 2 N–H and O–H groups in total. The van der Waals surface area contributed by atoms with Gasteiger partial charge in [-0.1, -0.05) is 6.92 Å². The number of nitrogens with two attached hydrogens (primary N) is 1. The lowest BCUT2D eigenvalue weighted by atomic mass is 9.81. The fourth-order valence-corrected chi connectivity index (χ4v) is 2.05. The van der Waals surface area contributed by atoms with Crippen LogP contribution in [0.2, 0.25) is 0 Å². The first-order chi connectivity index (χ1) is 8.17. The first kappa shape index (κ1) is 12.1. The van der Waals surface area contributed by atoms with Crippen molar-refractivity contribution < 1.29 is 4.74 Å². The van der Waals surface area contributed by atoms with Gasteiger partial charge in [0.25, 0.3) is 0 Å². The molecular weight excluding hydrogens is 216 g/mol. The molecule has 2 rings (SSSR count). The van der Waals surface area contributed by atoms with Crippen molar-refractivity contribution >= 4 is 5.95 Å². The van der Waals surface area contributed by atoms with Crippen molar-refractivity contribution in [3.05, 3.63) is 12.3 Å². The van der Waals surface area contributed by atoms with Gasteiger partial charge in [-0.15, -0.1) is 0 Å². The van der Waals surface area contributed by atoms with Crippen molar-refractivity contribution in [3.63, 3.8) is 0 Å². The number of methoxy groups -OCH3 is 1. The number of ether oxygens (including phenoxy) is 1. The molecule has 0 atom stereocenters. The molecule has 1 saturated heterocycles. The molecule has 17 heavy (non-hydrogen) atoms. The predicted octanol–water partition coefficient (Wildman–Crippen LogP) is 1.05. The number of piperidine rings is 1. The van der Waals surface area contributed by atoms with E-state index >= 15 is 0 Å². The Hall–Kier alpha value is -1.36. The maximum absolute atomic E-state index is 5.80. The molecule has 1 aliphatic rings. The number of nitrogens with zero attached hydrogens (tertiary/aromatic N) is 3. The average molecular weight is 236 g/mol. The monoisotopic (exact) mass is 236 g/mol. The second-order valence-electron chi connectivity index (χ2n) is 4.90. The van der Waals surface area contributed by atoms with Crippen LogP contribution in [0.15, 0.2) is 12.3 Å². The van der Waals surface area contributed by atoms with E-state index in [2.05, 4.69) is 21.8 Å². The molecule has 0 spiro atoms. The lowest BCUT2D eigenvalue weighted by Gasteiger charge is -2.38. The molecular formula is C12H20N4O. The summed E-state index contributed by atoms with van der Waals surface area (Å²) in [4.78, 5) is 10.8. The molecule has 0 aliphatic carbocycles. The number of rotatable bonds is 3. The van der Waals surface area contributed by atoms with E-state index in [0.717, 1.165) is 38.4 Å². The highest BCUT2D eigenvalue weighted by molar-refractivity contribution is 5.32. The standard InChI is InChI=1S/C12H20N4O/c1-12(9-13)4-7-16(8-5-12)11-14-6-3-10(15-11)17-2/h3,6H,4-5,7-9,13H2,1-2H3. The third-order valence-corrected chi connectivity index (χ3v) is 3.57. The van der Waals surface area contributed by atoms with Gasteiger partial charge in [-0.2, -0.15) is 4.98 Å². The topological polar surface area (TPSA) is 64.3 Å². The summed E-state index contributed by atoms with van der Waals surface area (Å²) in [5, 5.41) is 0. The van der Waals surface area contributed by atoms with Gasteiger partial charge in [0.1, 0.15) is 0 Å². The molecule has 0 radical (unpaired) electrons. The summed E-state index contributed by atoms with van der Waals surface area (Å²) >= 11 is 0. The van der Waals surface area contributed by atoms with Crippen LogP contribution in [0, 0.1) is 5.41 Å². The summed E-state index contributed by atoms with van der Waals surface area (Å²) in [7, 11) is 1.62. The average Bonchev–Trinajstić information content (AvgIpc) is 2.40. The molecule has 0 bridgehead atoms. The van der Waals surface area contributed by atoms with Crippen molar-refractivity contribution in [1.82, 2.24) is 9.97 Å². The molecule has 0 unspecified atom stereocenters. The Bertz CT molecular complexity index is 375. The highest BCUT2D eigenvalue weighted by Gasteiger charge is 2.29. The predicted molar refractivity (Wildman–Crippen MR) is 67.2 cm³/mol. The van der Waals surface area contributed by atoms with Crippen LogP contribution in [0.5, 0.6) is 5.88 Å². The summed E-state index contributed by atoms with van der Waals surface area (Å²) in [6.07, 6.45) is 3.91. The van der Waals surface area contributed by atoms with Gasteiger partial charge in [0, 0.05) is 25.4 Å². The first-order valence-corrected chi connectivity index (χ1v) is 5.99. The maximum Gasteiger partial charge on any atom is 0.228 e. The molecule has 2 heterocycles. The van der Waals surface area contributed by atoms with Crippen LogP contribution in [-0.4, -0.2) is 36.7 Å². The minimum absolute atomic E-state index is 0.273. The zero-order valence-electron chi connectivity index (χ0n) is 10.5. The lowest BCUT2D eigenvalue weighted by molar-refractivity contribution is 0.257. The molecule has 5 nitrogen and oxygen atoms in total. The van der Waals surface area contributed by atoms with E-state index < -0.39 is 0 Å². The minimum atomic E-state index is 0.273. The highest BCUT2D eigenvalue weighted by Crippen LogP contribution is 2.30. The number of aromatic nitrogens is 2. The normalized spacial score (nSPS) is 19.1. The summed E-state index contributed by atoms with van der Waals surface area (Å²) in [5.41, 5.74) is 6.07. The Balaban J connectivity index is 2.05. The zero-order chi connectivity index (χ0) is 12.3. The van der Waals surface area contributed by atoms with E-state index in [1.165, 1.54) is 0 Å². The summed E-state index contributed by atoms with van der Waals surface area (Å²) in [6.45, 7) is 4.91. The second kappa shape index (κ2) is 4.87. The molecule has 1 aromatic rings. The Morgan fingerprint density at radius 2 is 2.18 bits per heavy atom. The third kappa shape index (κ3) is 2.66. The lowest BCUT2D eigenvalue weighted by Crippen LogP contribution is -2.42. The van der Waals surface area contributed by atoms with Crippen LogP contribution >= 0.6 is 0 Å². The Morgan fingerprint density at radius 1 is 1.47 bits per heavy atom. The van der Waals surface area contributed by atoms with E-state index in [1.807, 2.05) is 0 Å². The molecule has 0 aromatic carbocycles. The Labute approximate surface area is 102 Å². The van der Waals surface area contributed by atoms with Gasteiger partial charge < -0.3 is 15.4 Å². The van der Waals surface area contributed by atoms with Crippen LogP contribution < -0.4 is 15.4 Å². The molecule has 5 heteroatoms. The van der Waals surface area contributed by atoms with Gasteiger partial charge in [-0.05, 0) is 24.8 Å². The molecule has 1 aliphatic heterocycles. The largest absolute Gasteiger partial charge is 0.481 e. The molecule has 0 saturated carbocycles. The SMILES string of the molecule is COc1ccnc(N2CCC(C)(CN)CC2)n1. The van der Waals surface area contributed by atoms with Gasteiger partial charge in [0.2, 0.25) is 11.8 Å². The van der Waals surface area contributed by atoms with Gasteiger partial charge >= 0.3 is 0 Å². The fourth-order valence-electron chi connectivity index (χ4n) is 2.05. The van der Waals surface area contributed by atoms with Crippen molar-refractivity contribution in [1.29, 1.82) is 0 Å². The van der Waals surface area contributed by atoms with Crippen LogP contribution in [-0.2, 0) is 0 Å². The van der Waals surface area contributed by atoms with E-state index in [-0.39, 0.29) is 5.41 Å². The minimum Gasteiger partial charge on any atom is -0.481 e. The summed E-state index contributed by atoms with van der Waals surface area (Å²) < 4.78 is 5.11. The van der Waals surface area contributed by atoms with Gasteiger partial charge in [-0.3, -0.25) is 0 Å². The second-order valence-corrected chi connectivity index (χ2v) is 4.90. The Kier molecular flexibility index (Phi) is 3.47. The molecule has 0 amide bonds. The van der Waals surface area contributed by atoms with E-state index in [4.69, 9.17) is 10.5 Å². The van der Waals surface area contributed by atoms with Gasteiger partial charge in [0.05, 0.1) is 7.11 Å². The van der Waals surface area contributed by atoms with Crippen molar-refractivity contribution in [2.75, 3.05) is 31.6 Å². The zero-order valence-corrected chi connectivity index (χ0v) is 10.5. The van der Waals surface area contributed by atoms with Crippen molar-refractivity contribution in [3.8, 4) is 5.88 Å². The molecule has 94 valence electrons. The van der Waals surface area contributed by atoms with Crippen molar-refractivity contribution in [2.45, 2.75) is 19.8 Å². The number of hydrogen-bond acceptors (Lipinski definition) is 5. The number of hydrogen-bond donors (Lipinski definition) is 1. The summed E-state index contributed by atoms with van der Waals surface area (Å²) in [5.74, 6) is 1.37. The fraction of sp³-hybridized carbons (Fsp3) is 0.667. The van der Waals surface area contributed by atoms with Crippen LogP contribution in [0.25, 0.3) is 0 Å². The van der Waals surface area contributed by atoms with E-state index in [0.29, 0.717) is 5.88 Å². The maximum atomic E-state index is 5.80. The van der Waals surface area contributed by atoms with Gasteiger partial charge in [0.15, 0.2) is 0 Å². The van der Waals surface area contributed by atoms with Gasteiger partial charge in [-0.25, -0.2) is 4.98 Å². The van der Waals surface area contributed by atoms with Crippen molar-refractivity contribution in [2.24, 2.45) is 11.1 Å². The van der Waals surface area contributed by atoms with E-state index in [1.54, 1.807) is 19.4 Å². The quantitative estimate of drug-likeness (QED) is 0.850. The van der Waals surface area contributed by atoms with Crippen LogP contribution in [0.4, 0.5) is 5.95 Å². The van der Waals surface area contributed by atoms with Crippen LogP contribution in [0.3, 0.4) is 0 Å². The molecule has 1 fully saturated rings. The highest BCUT2D eigenvalue weighted by atomic mass is 16.5. The Morgan fingerprint density at radius 3 is 2.76 bits per heavy atom. The number of anilines is 1. The van der Waals surface area contributed by atoms with Crippen LogP contribution in [0.1, 0.15) is 19.8 Å². The van der Waals surface area contributed by atoms with E-state index in [9.17, 15) is 0 Å². The first-order valence-electron chi connectivity index (χ1n) is 5.99. The smallest absolute Gasteiger partial charge is 0.228 e. The summed E-state index contributed by atoms with van der Waals surface area (Å²) in [6, 6.07) is 1.76. The third-order valence-electron chi connectivity index (χ3n) is 3.57.